The zero-order chi connectivity index (χ0) is 11.7. The zero-order valence-corrected chi connectivity index (χ0v) is 10.1. The molecule has 0 spiro atoms. The molecule has 88 valence electrons. The van der Waals surface area contributed by atoms with Crippen LogP contribution in [0.3, 0.4) is 0 Å². The summed E-state index contributed by atoms with van der Waals surface area (Å²) < 4.78 is 5.13. The molecule has 0 atom stereocenters. The molecule has 3 rings (SSSR count). The molecule has 2 heteroatoms. The molecule has 1 fully saturated rings. The van der Waals surface area contributed by atoms with Crippen molar-refractivity contribution in [3.8, 4) is 11.1 Å². The maximum absolute atomic E-state index is 5.13. The van der Waals surface area contributed by atoms with Gasteiger partial charge in [0.25, 0.3) is 0 Å². The third kappa shape index (κ3) is 2.12. The van der Waals surface area contributed by atoms with Crippen molar-refractivity contribution in [2.75, 3.05) is 0 Å². The van der Waals surface area contributed by atoms with Crippen molar-refractivity contribution in [3.05, 3.63) is 41.8 Å². The first-order valence-electron chi connectivity index (χ1n) is 6.42. The van der Waals surface area contributed by atoms with Crippen LogP contribution in [0.5, 0.6) is 0 Å². The second kappa shape index (κ2) is 4.36. The molecule has 0 aliphatic heterocycles. The van der Waals surface area contributed by atoms with E-state index in [0.717, 1.165) is 12.1 Å². The highest BCUT2D eigenvalue weighted by molar-refractivity contribution is 5.66. The number of hydrogen-bond acceptors (Lipinski definition) is 2. The van der Waals surface area contributed by atoms with Gasteiger partial charge in [-0.15, -0.1) is 0 Å². The average Bonchev–Trinajstić information content (AvgIpc) is 3.09. The van der Waals surface area contributed by atoms with Crippen LogP contribution in [0, 0.1) is 0 Å². The molecule has 0 N–H and O–H groups in total. The predicted molar refractivity (Wildman–Crippen MR) is 67.9 cm³/mol. The highest BCUT2D eigenvalue weighted by Crippen LogP contribution is 2.43. The summed E-state index contributed by atoms with van der Waals surface area (Å²) in [6.45, 7) is 2.21. The number of rotatable bonds is 4. The van der Waals surface area contributed by atoms with Gasteiger partial charge in [0.2, 0.25) is 0 Å². The van der Waals surface area contributed by atoms with Gasteiger partial charge in [-0.05, 0) is 30.4 Å². The Morgan fingerprint density at radius 3 is 2.65 bits per heavy atom. The van der Waals surface area contributed by atoms with Gasteiger partial charge in [0, 0.05) is 11.5 Å². The van der Waals surface area contributed by atoms with Gasteiger partial charge in [-0.3, -0.25) is 0 Å². The lowest BCUT2D eigenvalue weighted by Gasteiger charge is -2.02. The van der Waals surface area contributed by atoms with E-state index in [1.54, 1.807) is 6.26 Å². The number of benzene rings is 1. The molecule has 1 aromatic carbocycles. The molecule has 0 bridgehead atoms. The SMILES string of the molecule is CCCc1ccc(-c2conc2C2CC2)cc1. The summed E-state index contributed by atoms with van der Waals surface area (Å²) in [5.41, 5.74) is 4.96. The normalized spacial score (nSPS) is 15.1. The van der Waals surface area contributed by atoms with Crippen molar-refractivity contribution in [1.82, 2.24) is 5.16 Å². The minimum Gasteiger partial charge on any atom is -0.364 e. The second-order valence-corrected chi connectivity index (χ2v) is 4.83. The van der Waals surface area contributed by atoms with Crippen LogP contribution in [-0.2, 0) is 6.42 Å². The van der Waals surface area contributed by atoms with Crippen molar-refractivity contribution < 1.29 is 4.52 Å². The van der Waals surface area contributed by atoms with Crippen LogP contribution in [0.4, 0.5) is 0 Å². The summed E-state index contributed by atoms with van der Waals surface area (Å²) in [6.07, 6.45) is 6.64. The van der Waals surface area contributed by atoms with Crippen molar-refractivity contribution >= 4 is 0 Å². The quantitative estimate of drug-likeness (QED) is 0.783. The maximum Gasteiger partial charge on any atom is 0.131 e. The average molecular weight is 227 g/mol. The molecular weight excluding hydrogens is 210 g/mol. The fraction of sp³-hybridized carbons (Fsp3) is 0.400. The molecule has 0 radical (unpaired) electrons. The Morgan fingerprint density at radius 1 is 1.24 bits per heavy atom. The van der Waals surface area contributed by atoms with Crippen molar-refractivity contribution in [2.24, 2.45) is 0 Å². The largest absolute Gasteiger partial charge is 0.364 e. The van der Waals surface area contributed by atoms with Crippen LogP contribution in [-0.4, -0.2) is 5.16 Å². The molecule has 1 aliphatic rings. The second-order valence-electron chi connectivity index (χ2n) is 4.83. The molecular formula is C15H17NO. The predicted octanol–water partition coefficient (Wildman–Crippen LogP) is 4.17. The van der Waals surface area contributed by atoms with E-state index < -0.39 is 0 Å². The molecule has 0 saturated heterocycles. The minimum absolute atomic E-state index is 0.638. The van der Waals surface area contributed by atoms with Crippen molar-refractivity contribution in [2.45, 2.75) is 38.5 Å². The highest BCUT2D eigenvalue weighted by atomic mass is 16.5. The number of aromatic nitrogens is 1. The summed E-state index contributed by atoms with van der Waals surface area (Å²) in [4.78, 5) is 0. The smallest absolute Gasteiger partial charge is 0.131 e. The van der Waals surface area contributed by atoms with Crippen molar-refractivity contribution in [3.63, 3.8) is 0 Å². The monoisotopic (exact) mass is 227 g/mol. The van der Waals surface area contributed by atoms with Gasteiger partial charge in [-0.25, -0.2) is 0 Å². The Balaban J connectivity index is 1.89. The van der Waals surface area contributed by atoms with Gasteiger partial charge in [0.1, 0.15) is 6.26 Å². The van der Waals surface area contributed by atoms with E-state index in [1.165, 1.54) is 36.0 Å². The topological polar surface area (TPSA) is 26.0 Å². The van der Waals surface area contributed by atoms with E-state index in [2.05, 4.69) is 36.3 Å². The van der Waals surface area contributed by atoms with Crippen LogP contribution < -0.4 is 0 Å². The maximum atomic E-state index is 5.13. The lowest BCUT2D eigenvalue weighted by Crippen LogP contribution is -1.86. The van der Waals surface area contributed by atoms with Gasteiger partial charge in [-0.2, -0.15) is 0 Å². The first-order valence-corrected chi connectivity index (χ1v) is 6.42. The van der Waals surface area contributed by atoms with Gasteiger partial charge >= 0.3 is 0 Å². The van der Waals surface area contributed by atoms with Crippen LogP contribution >= 0.6 is 0 Å². The molecule has 1 aromatic heterocycles. The minimum atomic E-state index is 0.638. The zero-order valence-electron chi connectivity index (χ0n) is 10.1. The number of hydrogen-bond donors (Lipinski definition) is 0. The van der Waals surface area contributed by atoms with Crippen LogP contribution in [0.2, 0.25) is 0 Å². The highest BCUT2D eigenvalue weighted by Gasteiger charge is 2.29. The number of aryl methyl sites for hydroxylation is 1. The molecule has 0 amide bonds. The molecule has 1 aliphatic carbocycles. The Labute approximate surface area is 102 Å². The third-order valence-electron chi connectivity index (χ3n) is 3.37. The summed E-state index contributed by atoms with van der Waals surface area (Å²) >= 11 is 0. The molecule has 1 heterocycles. The summed E-state index contributed by atoms with van der Waals surface area (Å²) in [5.74, 6) is 0.638. The van der Waals surface area contributed by atoms with E-state index in [-0.39, 0.29) is 0 Å². The third-order valence-corrected chi connectivity index (χ3v) is 3.37. The van der Waals surface area contributed by atoms with Crippen molar-refractivity contribution in [1.29, 1.82) is 0 Å². The molecule has 2 aromatic rings. The Hall–Kier alpha value is -1.57. The summed E-state index contributed by atoms with van der Waals surface area (Å²) in [6, 6.07) is 8.79. The van der Waals surface area contributed by atoms with E-state index in [1.807, 2.05) is 0 Å². The van der Waals surface area contributed by atoms with Crippen LogP contribution in [0.25, 0.3) is 11.1 Å². The van der Waals surface area contributed by atoms with Crippen LogP contribution in [0.1, 0.15) is 43.4 Å². The van der Waals surface area contributed by atoms with Gasteiger partial charge in [0.15, 0.2) is 0 Å². The first-order chi connectivity index (χ1) is 8.38. The lowest BCUT2D eigenvalue weighted by molar-refractivity contribution is 0.412. The van der Waals surface area contributed by atoms with E-state index in [4.69, 9.17) is 4.52 Å². The molecule has 0 unspecified atom stereocenters. The summed E-state index contributed by atoms with van der Waals surface area (Å²) in [7, 11) is 0. The Morgan fingerprint density at radius 2 is 2.00 bits per heavy atom. The van der Waals surface area contributed by atoms with E-state index >= 15 is 0 Å². The summed E-state index contributed by atoms with van der Waals surface area (Å²) in [5, 5.41) is 4.14. The molecule has 2 nitrogen and oxygen atoms in total. The first kappa shape index (κ1) is 10.6. The van der Waals surface area contributed by atoms with E-state index in [9.17, 15) is 0 Å². The fourth-order valence-corrected chi connectivity index (χ4v) is 2.25. The fourth-order valence-electron chi connectivity index (χ4n) is 2.25. The standard InChI is InChI=1S/C15H17NO/c1-2-3-11-4-6-12(7-5-11)14-10-17-16-15(14)13-8-9-13/h4-7,10,13H,2-3,8-9H2,1H3. The molecule has 17 heavy (non-hydrogen) atoms. The van der Waals surface area contributed by atoms with Gasteiger partial charge < -0.3 is 4.52 Å². The van der Waals surface area contributed by atoms with E-state index in [0.29, 0.717) is 5.92 Å². The molecule has 1 saturated carbocycles. The van der Waals surface area contributed by atoms with Gasteiger partial charge in [-0.1, -0.05) is 42.8 Å². The van der Waals surface area contributed by atoms with Crippen LogP contribution in [0.15, 0.2) is 35.1 Å². The lowest BCUT2D eigenvalue weighted by atomic mass is 10.0. The number of nitrogens with zero attached hydrogens (tertiary/aromatic N) is 1. The Kier molecular flexibility index (Phi) is 2.71. The Bertz CT molecular complexity index is 494. The van der Waals surface area contributed by atoms with Gasteiger partial charge in [0.05, 0.1) is 5.69 Å².